The summed E-state index contributed by atoms with van der Waals surface area (Å²) in [6.07, 6.45) is 0. The molecule has 5 nitrogen and oxygen atoms in total. The number of methoxy groups -OCH3 is 1. The molecule has 0 aliphatic rings. The highest BCUT2D eigenvalue weighted by Gasteiger charge is 2.18. The number of nitrogens with one attached hydrogen (secondary N) is 1. The quantitative estimate of drug-likeness (QED) is 0.247. The minimum atomic E-state index is -0.297. The van der Waals surface area contributed by atoms with E-state index in [1.807, 2.05) is 24.3 Å². The molecular formula is C23H13BrCl2N2O3S. The third-order valence-electron chi connectivity index (χ3n) is 4.84. The van der Waals surface area contributed by atoms with Crippen LogP contribution in [0.15, 0.2) is 63.5 Å². The van der Waals surface area contributed by atoms with Gasteiger partial charge in [0.25, 0.3) is 5.91 Å². The molecule has 0 atom stereocenters. The van der Waals surface area contributed by atoms with Gasteiger partial charge in [-0.2, -0.15) is 0 Å². The van der Waals surface area contributed by atoms with E-state index in [0.717, 1.165) is 25.9 Å². The van der Waals surface area contributed by atoms with Crippen LogP contribution in [0, 0.1) is 0 Å². The number of aromatic nitrogens is 1. The Hall–Kier alpha value is -2.58. The summed E-state index contributed by atoms with van der Waals surface area (Å²) in [5.74, 6) is 0.891. The van der Waals surface area contributed by atoms with Gasteiger partial charge in [0.15, 0.2) is 5.58 Å². The number of benzene rings is 3. The molecule has 0 bridgehead atoms. The van der Waals surface area contributed by atoms with Crippen molar-refractivity contribution in [3.8, 4) is 17.2 Å². The third kappa shape index (κ3) is 3.86. The molecule has 0 spiro atoms. The minimum absolute atomic E-state index is 0.297. The van der Waals surface area contributed by atoms with Crippen molar-refractivity contribution in [3.63, 3.8) is 0 Å². The second-order valence-corrected chi connectivity index (χ2v) is 9.61. The fourth-order valence-corrected chi connectivity index (χ4v) is 5.53. The van der Waals surface area contributed by atoms with Crippen LogP contribution in [0.4, 0.5) is 5.69 Å². The van der Waals surface area contributed by atoms with Crippen LogP contribution in [-0.4, -0.2) is 18.0 Å². The summed E-state index contributed by atoms with van der Waals surface area (Å²) in [4.78, 5) is 17.9. The number of hydrogen-bond acceptors (Lipinski definition) is 5. The maximum absolute atomic E-state index is 12.9. The van der Waals surface area contributed by atoms with E-state index < -0.39 is 0 Å². The number of hydrogen-bond donors (Lipinski definition) is 1. The Morgan fingerprint density at radius 1 is 1.12 bits per heavy atom. The molecule has 5 aromatic rings. The molecule has 1 N–H and O–H groups in total. The van der Waals surface area contributed by atoms with Crippen LogP contribution in [0.5, 0.6) is 5.75 Å². The molecule has 5 rings (SSSR count). The van der Waals surface area contributed by atoms with E-state index in [9.17, 15) is 4.79 Å². The molecule has 2 heterocycles. The lowest BCUT2D eigenvalue weighted by Gasteiger charge is -2.03. The highest BCUT2D eigenvalue weighted by atomic mass is 79.9. The molecule has 0 saturated carbocycles. The van der Waals surface area contributed by atoms with Crippen molar-refractivity contribution in [3.05, 3.63) is 74.0 Å². The van der Waals surface area contributed by atoms with Gasteiger partial charge in [-0.1, -0.05) is 29.3 Å². The highest BCUT2D eigenvalue weighted by molar-refractivity contribution is 9.10. The molecule has 1 amide bonds. The monoisotopic (exact) mass is 546 g/mol. The van der Waals surface area contributed by atoms with Crippen LogP contribution in [0.1, 0.15) is 9.67 Å². The van der Waals surface area contributed by atoms with Crippen LogP contribution < -0.4 is 10.1 Å². The lowest BCUT2D eigenvalue weighted by atomic mass is 10.2. The predicted molar refractivity (Wildman–Crippen MR) is 133 cm³/mol. The lowest BCUT2D eigenvalue weighted by Crippen LogP contribution is -2.10. The van der Waals surface area contributed by atoms with Crippen LogP contribution in [-0.2, 0) is 0 Å². The van der Waals surface area contributed by atoms with E-state index in [-0.39, 0.29) is 5.91 Å². The normalized spacial score (nSPS) is 11.2. The molecular weight excluding hydrogens is 535 g/mol. The number of oxazole rings is 1. The lowest BCUT2D eigenvalue weighted by molar-refractivity contribution is 0.103. The van der Waals surface area contributed by atoms with E-state index in [4.69, 9.17) is 32.4 Å². The standard InChI is InChI=1S/C23H13BrCl2N2O3S/c1-30-17-6-2-11(8-15(17)24)23-28-16-10-13(4-7-18(16)31-23)27-22(29)21-20(26)14-5-3-12(25)9-19(14)32-21/h2-10H,1H3,(H,27,29). The van der Waals surface area contributed by atoms with Gasteiger partial charge in [0.1, 0.15) is 16.1 Å². The number of carbonyl (C=O) groups is 1. The largest absolute Gasteiger partial charge is 0.496 e. The average Bonchev–Trinajstić information content (AvgIpc) is 3.34. The van der Waals surface area contributed by atoms with E-state index in [0.29, 0.717) is 37.6 Å². The molecule has 0 aliphatic carbocycles. The zero-order valence-electron chi connectivity index (χ0n) is 16.4. The highest BCUT2D eigenvalue weighted by Crippen LogP contribution is 2.37. The summed E-state index contributed by atoms with van der Waals surface area (Å²) in [6.45, 7) is 0. The Bertz CT molecular complexity index is 1510. The van der Waals surface area contributed by atoms with Crippen molar-refractivity contribution in [2.45, 2.75) is 0 Å². The number of ether oxygens (including phenoxy) is 1. The second kappa shape index (κ2) is 8.41. The molecule has 0 fully saturated rings. The summed E-state index contributed by atoms with van der Waals surface area (Å²) in [5.41, 5.74) is 2.62. The number of anilines is 1. The van der Waals surface area contributed by atoms with Gasteiger partial charge in [-0.25, -0.2) is 4.98 Å². The van der Waals surface area contributed by atoms with E-state index in [2.05, 4.69) is 26.2 Å². The molecule has 9 heteroatoms. The van der Waals surface area contributed by atoms with E-state index in [1.54, 1.807) is 37.4 Å². The van der Waals surface area contributed by atoms with E-state index >= 15 is 0 Å². The Kier molecular flexibility index (Phi) is 5.59. The maximum atomic E-state index is 12.9. The molecule has 0 unspecified atom stereocenters. The number of thiophene rings is 1. The minimum Gasteiger partial charge on any atom is -0.496 e. The number of fused-ring (bicyclic) bond motifs is 2. The van der Waals surface area contributed by atoms with Crippen LogP contribution in [0.2, 0.25) is 10.0 Å². The molecule has 3 aromatic carbocycles. The summed E-state index contributed by atoms with van der Waals surface area (Å²) >= 11 is 17.3. The first kappa shape index (κ1) is 21.3. The molecule has 160 valence electrons. The van der Waals surface area contributed by atoms with Gasteiger partial charge in [-0.3, -0.25) is 4.79 Å². The fraction of sp³-hybridized carbons (Fsp3) is 0.0435. The van der Waals surface area contributed by atoms with Crippen LogP contribution >= 0.6 is 50.5 Å². The Balaban J connectivity index is 1.43. The Morgan fingerprint density at radius 2 is 1.97 bits per heavy atom. The molecule has 0 radical (unpaired) electrons. The molecule has 2 aromatic heterocycles. The second-order valence-electron chi connectivity index (χ2n) is 6.89. The molecule has 0 aliphatic heterocycles. The van der Waals surface area contributed by atoms with Crippen molar-refractivity contribution in [1.29, 1.82) is 0 Å². The third-order valence-corrected chi connectivity index (χ3v) is 7.35. The summed E-state index contributed by atoms with van der Waals surface area (Å²) in [6, 6.07) is 16.2. The molecule has 0 saturated heterocycles. The predicted octanol–water partition coefficient (Wildman–Crippen LogP) is 8.04. The average molecular weight is 548 g/mol. The first-order chi connectivity index (χ1) is 15.4. The number of carbonyl (C=O) groups excluding carboxylic acids is 1. The number of amides is 1. The van der Waals surface area contributed by atoms with Crippen molar-refractivity contribution in [1.82, 2.24) is 4.98 Å². The summed E-state index contributed by atoms with van der Waals surface area (Å²) < 4.78 is 12.8. The SMILES string of the molecule is COc1ccc(-c2nc3cc(NC(=O)c4sc5cc(Cl)ccc5c4Cl)ccc3o2)cc1Br. The summed E-state index contributed by atoms with van der Waals surface area (Å²) in [7, 11) is 1.61. The zero-order chi connectivity index (χ0) is 22.4. The van der Waals surface area contributed by atoms with Crippen molar-refractivity contribution in [2.75, 3.05) is 12.4 Å². The first-order valence-corrected chi connectivity index (χ1v) is 11.7. The first-order valence-electron chi connectivity index (χ1n) is 9.36. The van der Waals surface area contributed by atoms with Gasteiger partial charge in [0, 0.05) is 26.4 Å². The van der Waals surface area contributed by atoms with Crippen molar-refractivity contribution in [2.24, 2.45) is 0 Å². The number of halogens is 3. The van der Waals surface area contributed by atoms with Crippen molar-refractivity contribution >= 4 is 83.2 Å². The van der Waals surface area contributed by atoms with Gasteiger partial charge >= 0.3 is 0 Å². The van der Waals surface area contributed by atoms with Crippen molar-refractivity contribution < 1.29 is 13.9 Å². The van der Waals surface area contributed by atoms with Gasteiger partial charge < -0.3 is 14.5 Å². The Labute approximate surface area is 205 Å². The maximum Gasteiger partial charge on any atom is 0.267 e. The van der Waals surface area contributed by atoms with Gasteiger partial charge in [-0.15, -0.1) is 11.3 Å². The number of rotatable bonds is 4. The Morgan fingerprint density at radius 3 is 2.75 bits per heavy atom. The zero-order valence-corrected chi connectivity index (χ0v) is 20.3. The van der Waals surface area contributed by atoms with Crippen LogP contribution in [0.25, 0.3) is 32.6 Å². The number of nitrogens with zero attached hydrogens (tertiary/aromatic N) is 1. The van der Waals surface area contributed by atoms with Gasteiger partial charge in [0.2, 0.25) is 5.89 Å². The van der Waals surface area contributed by atoms with Crippen LogP contribution in [0.3, 0.4) is 0 Å². The van der Waals surface area contributed by atoms with Gasteiger partial charge in [0.05, 0.1) is 16.6 Å². The fourth-order valence-electron chi connectivity index (χ4n) is 3.30. The van der Waals surface area contributed by atoms with Gasteiger partial charge in [-0.05, 0) is 64.5 Å². The smallest absolute Gasteiger partial charge is 0.267 e. The molecule has 32 heavy (non-hydrogen) atoms. The topological polar surface area (TPSA) is 64.4 Å². The van der Waals surface area contributed by atoms with E-state index in [1.165, 1.54) is 11.3 Å². The summed E-state index contributed by atoms with van der Waals surface area (Å²) in [5, 5.41) is 4.69.